The van der Waals surface area contributed by atoms with Crippen LogP contribution in [-0.4, -0.2) is 26.5 Å². The number of hydrogen-bond donors (Lipinski definition) is 1. The molecule has 17 heavy (non-hydrogen) atoms. The molecule has 0 aliphatic carbocycles. The van der Waals surface area contributed by atoms with Crippen LogP contribution in [0.3, 0.4) is 0 Å². The smallest absolute Gasteiger partial charge is 0.211 e. The summed E-state index contributed by atoms with van der Waals surface area (Å²) >= 11 is 5.17. The van der Waals surface area contributed by atoms with Crippen molar-refractivity contribution in [3.8, 4) is 0 Å². The Labute approximate surface area is 115 Å². The van der Waals surface area contributed by atoms with Crippen LogP contribution in [0.4, 0.5) is 0 Å². The number of rotatable bonds is 4. The molecule has 1 fully saturated rings. The molecule has 3 nitrogen and oxygen atoms in total. The average Bonchev–Trinajstić information content (AvgIpc) is 2.79. The van der Waals surface area contributed by atoms with Crippen molar-refractivity contribution in [1.29, 1.82) is 0 Å². The molecular formula is C11H14BrNO2S2. The summed E-state index contributed by atoms with van der Waals surface area (Å²) in [6, 6.07) is 6.76. The molecule has 1 aliphatic rings. The topological polar surface area (TPSA) is 46.2 Å². The third kappa shape index (κ3) is 3.71. The molecule has 0 aromatic heterocycles. The predicted octanol–water partition coefficient (Wildman–Crippen LogP) is 2.48. The van der Waals surface area contributed by atoms with Crippen molar-refractivity contribution in [2.75, 3.05) is 18.1 Å². The van der Waals surface area contributed by atoms with E-state index in [1.54, 1.807) is 18.2 Å². The van der Waals surface area contributed by atoms with E-state index in [1.165, 1.54) is 0 Å². The third-order valence-electron chi connectivity index (χ3n) is 2.69. The van der Waals surface area contributed by atoms with E-state index in [-0.39, 0.29) is 0 Å². The molecular weight excluding hydrogens is 322 g/mol. The predicted molar refractivity (Wildman–Crippen MR) is 74.8 cm³/mol. The van der Waals surface area contributed by atoms with Crippen molar-refractivity contribution in [1.82, 2.24) is 4.72 Å². The number of sulfonamides is 1. The Hall–Kier alpha value is -0.0400. The summed E-state index contributed by atoms with van der Waals surface area (Å²) in [7, 11) is -3.36. The highest BCUT2D eigenvalue weighted by atomic mass is 79.9. The van der Waals surface area contributed by atoms with Gasteiger partial charge in [0.2, 0.25) is 10.0 Å². The summed E-state index contributed by atoms with van der Waals surface area (Å²) in [5.41, 5.74) is 0. The van der Waals surface area contributed by atoms with Gasteiger partial charge in [-0.05, 0) is 42.0 Å². The zero-order valence-electron chi connectivity index (χ0n) is 9.23. The maximum absolute atomic E-state index is 12.0. The van der Waals surface area contributed by atoms with Crippen LogP contribution < -0.4 is 4.72 Å². The molecule has 0 bridgehead atoms. The fourth-order valence-electron chi connectivity index (χ4n) is 1.69. The van der Waals surface area contributed by atoms with Gasteiger partial charge in [-0.2, -0.15) is 11.8 Å². The van der Waals surface area contributed by atoms with E-state index in [1.807, 2.05) is 17.8 Å². The number of benzene rings is 1. The van der Waals surface area contributed by atoms with Crippen LogP contribution in [0.15, 0.2) is 33.6 Å². The first kappa shape index (κ1) is 13.4. The number of thioether (sulfide) groups is 1. The zero-order chi connectivity index (χ0) is 12.3. The van der Waals surface area contributed by atoms with Crippen molar-refractivity contribution in [2.24, 2.45) is 5.92 Å². The molecule has 0 saturated carbocycles. The van der Waals surface area contributed by atoms with E-state index < -0.39 is 10.0 Å². The molecule has 94 valence electrons. The van der Waals surface area contributed by atoms with Crippen LogP contribution in [0, 0.1) is 5.92 Å². The fraction of sp³-hybridized carbons (Fsp3) is 0.455. The molecule has 1 heterocycles. The average molecular weight is 336 g/mol. The highest BCUT2D eigenvalue weighted by molar-refractivity contribution is 9.10. The Morgan fingerprint density at radius 2 is 2.29 bits per heavy atom. The standard InChI is InChI=1S/C11H14BrNO2S2/c12-10-2-1-3-11(6-10)17(14,15)13-7-9-4-5-16-8-9/h1-3,6,9,13H,4-5,7-8H2. The minimum atomic E-state index is -3.36. The summed E-state index contributed by atoms with van der Waals surface area (Å²) in [6.45, 7) is 0.543. The second kappa shape index (κ2) is 5.73. The fourth-order valence-corrected chi connectivity index (χ4v) is 4.69. The van der Waals surface area contributed by atoms with Crippen LogP contribution in [0.25, 0.3) is 0 Å². The molecule has 1 aromatic carbocycles. The summed E-state index contributed by atoms with van der Waals surface area (Å²) in [4.78, 5) is 0.317. The molecule has 1 aromatic rings. The largest absolute Gasteiger partial charge is 0.240 e. The van der Waals surface area contributed by atoms with Crippen LogP contribution in [0.5, 0.6) is 0 Å². The first-order valence-electron chi connectivity index (χ1n) is 5.41. The van der Waals surface area contributed by atoms with Gasteiger partial charge in [-0.25, -0.2) is 13.1 Å². The Bertz CT molecular complexity index is 484. The molecule has 1 N–H and O–H groups in total. The first-order chi connectivity index (χ1) is 8.08. The first-order valence-corrected chi connectivity index (χ1v) is 8.84. The lowest BCUT2D eigenvalue weighted by Crippen LogP contribution is -2.29. The van der Waals surface area contributed by atoms with Crippen LogP contribution in [0.1, 0.15) is 6.42 Å². The lowest BCUT2D eigenvalue weighted by Gasteiger charge is -2.10. The van der Waals surface area contributed by atoms with Gasteiger partial charge in [0.25, 0.3) is 0 Å². The van der Waals surface area contributed by atoms with Crippen LogP contribution >= 0.6 is 27.7 Å². The Morgan fingerprint density at radius 1 is 1.47 bits per heavy atom. The Balaban J connectivity index is 2.03. The number of nitrogens with one attached hydrogen (secondary N) is 1. The quantitative estimate of drug-likeness (QED) is 0.919. The summed E-state index contributed by atoms with van der Waals surface area (Å²) in [6.07, 6.45) is 1.10. The van der Waals surface area contributed by atoms with E-state index in [0.717, 1.165) is 22.4 Å². The SMILES string of the molecule is O=S(=O)(NCC1CCSC1)c1cccc(Br)c1. The van der Waals surface area contributed by atoms with Crippen molar-refractivity contribution < 1.29 is 8.42 Å². The molecule has 1 aliphatic heterocycles. The molecule has 1 saturated heterocycles. The molecule has 6 heteroatoms. The van der Waals surface area contributed by atoms with Gasteiger partial charge in [0.05, 0.1) is 4.90 Å². The lowest BCUT2D eigenvalue weighted by molar-refractivity contribution is 0.546. The summed E-state index contributed by atoms with van der Waals surface area (Å²) in [5.74, 6) is 2.67. The van der Waals surface area contributed by atoms with E-state index in [9.17, 15) is 8.42 Å². The summed E-state index contributed by atoms with van der Waals surface area (Å²) in [5, 5.41) is 0. The van der Waals surface area contributed by atoms with E-state index in [4.69, 9.17) is 0 Å². The van der Waals surface area contributed by atoms with Gasteiger partial charge < -0.3 is 0 Å². The maximum atomic E-state index is 12.0. The van der Waals surface area contributed by atoms with Gasteiger partial charge in [0.1, 0.15) is 0 Å². The lowest BCUT2D eigenvalue weighted by atomic mass is 10.1. The molecule has 0 amide bonds. The van der Waals surface area contributed by atoms with Crippen molar-refractivity contribution >= 4 is 37.7 Å². The van der Waals surface area contributed by atoms with E-state index in [0.29, 0.717) is 17.4 Å². The highest BCUT2D eigenvalue weighted by Crippen LogP contribution is 2.23. The molecule has 0 radical (unpaired) electrons. The minimum absolute atomic E-state index is 0.317. The van der Waals surface area contributed by atoms with Gasteiger partial charge >= 0.3 is 0 Å². The number of hydrogen-bond acceptors (Lipinski definition) is 3. The monoisotopic (exact) mass is 335 g/mol. The summed E-state index contributed by atoms with van der Waals surface area (Å²) < 4.78 is 27.5. The second-order valence-electron chi connectivity index (χ2n) is 4.04. The Kier molecular flexibility index (Phi) is 4.52. The van der Waals surface area contributed by atoms with Gasteiger partial charge in [0, 0.05) is 11.0 Å². The second-order valence-corrected chi connectivity index (χ2v) is 7.87. The highest BCUT2D eigenvalue weighted by Gasteiger charge is 2.19. The zero-order valence-corrected chi connectivity index (χ0v) is 12.4. The minimum Gasteiger partial charge on any atom is -0.211 e. The third-order valence-corrected chi connectivity index (χ3v) is 5.84. The molecule has 1 unspecified atom stereocenters. The van der Waals surface area contributed by atoms with Crippen LogP contribution in [-0.2, 0) is 10.0 Å². The van der Waals surface area contributed by atoms with Crippen molar-refractivity contribution in [2.45, 2.75) is 11.3 Å². The molecule has 0 spiro atoms. The van der Waals surface area contributed by atoms with Crippen LogP contribution in [0.2, 0.25) is 0 Å². The van der Waals surface area contributed by atoms with E-state index >= 15 is 0 Å². The van der Waals surface area contributed by atoms with Gasteiger partial charge in [0.15, 0.2) is 0 Å². The van der Waals surface area contributed by atoms with Crippen molar-refractivity contribution in [3.63, 3.8) is 0 Å². The van der Waals surface area contributed by atoms with Gasteiger partial charge in [-0.3, -0.25) is 0 Å². The molecule has 1 atom stereocenters. The van der Waals surface area contributed by atoms with Crippen molar-refractivity contribution in [3.05, 3.63) is 28.7 Å². The Morgan fingerprint density at radius 3 is 2.94 bits per heavy atom. The normalized spacial score (nSPS) is 20.6. The maximum Gasteiger partial charge on any atom is 0.240 e. The number of halogens is 1. The van der Waals surface area contributed by atoms with E-state index in [2.05, 4.69) is 20.7 Å². The van der Waals surface area contributed by atoms with Gasteiger partial charge in [-0.15, -0.1) is 0 Å². The van der Waals surface area contributed by atoms with Gasteiger partial charge in [-0.1, -0.05) is 22.0 Å². The molecule has 2 rings (SSSR count).